The summed E-state index contributed by atoms with van der Waals surface area (Å²) in [4.78, 5) is 4.55. The van der Waals surface area contributed by atoms with E-state index in [-0.39, 0.29) is 0 Å². The molecule has 0 aromatic heterocycles. The minimum atomic E-state index is 0.555. The molecule has 0 radical (unpaired) electrons. The molecule has 3 nitrogen and oxygen atoms in total. The average molecular weight is 257 g/mol. The van der Waals surface area contributed by atoms with Crippen LogP contribution >= 0.6 is 0 Å². The summed E-state index contributed by atoms with van der Waals surface area (Å²) in [7, 11) is 0. The standard InChI is InChI=1S/C16H23N3/c17-16(19-14-6-2-3-7-14)18-11-13-10-9-12-5-1-4-8-15(12)13/h1,4-5,8,13-14H,2-3,6-7,9-11H2,(H3,17,18,19). The second-order valence-corrected chi connectivity index (χ2v) is 5.79. The van der Waals surface area contributed by atoms with Gasteiger partial charge in [0.1, 0.15) is 0 Å². The first kappa shape index (κ1) is 12.5. The maximum absolute atomic E-state index is 5.99. The zero-order chi connectivity index (χ0) is 13.1. The van der Waals surface area contributed by atoms with Gasteiger partial charge in [-0.25, -0.2) is 0 Å². The largest absolute Gasteiger partial charge is 0.370 e. The number of rotatable bonds is 3. The number of guanidine groups is 1. The van der Waals surface area contributed by atoms with Gasteiger partial charge < -0.3 is 11.1 Å². The molecular weight excluding hydrogens is 234 g/mol. The summed E-state index contributed by atoms with van der Waals surface area (Å²) < 4.78 is 0. The van der Waals surface area contributed by atoms with Crippen LogP contribution in [0.5, 0.6) is 0 Å². The van der Waals surface area contributed by atoms with E-state index in [4.69, 9.17) is 5.73 Å². The van der Waals surface area contributed by atoms with Crippen LogP contribution in [0.4, 0.5) is 0 Å². The lowest BCUT2D eigenvalue weighted by Gasteiger charge is -2.14. The Morgan fingerprint density at radius 1 is 1.21 bits per heavy atom. The van der Waals surface area contributed by atoms with Crippen molar-refractivity contribution in [3.8, 4) is 0 Å². The van der Waals surface area contributed by atoms with E-state index < -0.39 is 0 Å². The highest BCUT2D eigenvalue weighted by atomic mass is 15.1. The fraction of sp³-hybridized carbons (Fsp3) is 0.562. The molecular formula is C16H23N3. The molecule has 2 aliphatic rings. The second-order valence-electron chi connectivity index (χ2n) is 5.79. The molecule has 0 aliphatic heterocycles. The Labute approximate surface area is 115 Å². The predicted octanol–water partition coefficient (Wildman–Crippen LogP) is 2.56. The Kier molecular flexibility index (Phi) is 3.72. The lowest BCUT2D eigenvalue weighted by atomic mass is 10.0. The molecule has 0 saturated heterocycles. The summed E-state index contributed by atoms with van der Waals surface area (Å²) in [5, 5.41) is 3.35. The number of aryl methyl sites for hydroxylation is 1. The van der Waals surface area contributed by atoms with Crippen molar-refractivity contribution in [2.75, 3.05) is 6.54 Å². The van der Waals surface area contributed by atoms with Crippen molar-refractivity contribution in [3.05, 3.63) is 35.4 Å². The van der Waals surface area contributed by atoms with Crippen LogP contribution in [0, 0.1) is 0 Å². The molecule has 1 fully saturated rings. The topological polar surface area (TPSA) is 50.4 Å². The van der Waals surface area contributed by atoms with Crippen molar-refractivity contribution in [1.82, 2.24) is 5.32 Å². The van der Waals surface area contributed by atoms with Crippen molar-refractivity contribution in [3.63, 3.8) is 0 Å². The Morgan fingerprint density at radius 3 is 2.84 bits per heavy atom. The first-order valence-corrected chi connectivity index (χ1v) is 7.47. The van der Waals surface area contributed by atoms with E-state index >= 15 is 0 Å². The number of nitrogens with zero attached hydrogens (tertiary/aromatic N) is 1. The highest BCUT2D eigenvalue weighted by Gasteiger charge is 2.21. The van der Waals surface area contributed by atoms with Crippen LogP contribution < -0.4 is 11.1 Å². The maximum Gasteiger partial charge on any atom is 0.188 e. The van der Waals surface area contributed by atoms with Gasteiger partial charge in [0.25, 0.3) is 0 Å². The Hall–Kier alpha value is -1.51. The van der Waals surface area contributed by atoms with Crippen LogP contribution in [-0.4, -0.2) is 18.5 Å². The number of benzene rings is 1. The van der Waals surface area contributed by atoms with Gasteiger partial charge in [-0.05, 0) is 36.8 Å². The van der Waals surface area contributed by atoms with Gasteiger partial charge in [-0.15, -0.1) is 0 Å². The smallest absolute Gasteiger partial charge is 0.188 e. The van der Waals surface area contributed by atoms with Gasteiger partial charge in [0.15, 0.2) is 5.96 Å². The van der Waals surface area contributed by atoms with Gasteiger partial charge >= 0.3 is 0 Å². The van der Waals surface area contributed by atoms with E-state index in [9.17, 15) is 0 Å². The lowest BCUT2D eigenvalue weighted by molar-refractivity contribution is 0.620. The van der Waals surface area contributed by atoms with Gasteiger partial charge in [0.2, 0.25) is 0 Å². The minimum absolute atomic E-state index is 0.555. The fourth-order valence-electron chi connectivity index (χ4n) is 3.37. The SMILES string of the molecule is NC(=NCC1CCc2ccccc21)NC1CCCC1. The molecule has 3 heteroatoms. The molecule has 1 atom stereocenters. The zero-order valence-electron chi connectivity index (χ0n) is 11.4. The number of nitrogens with one attached hydrogen (secondary N) is 1. The molecule has 1 unspecified atom stereocenters. The summed E-state index contributed by atoms with van der Waals surface area (Å²) in [6, 6.07) is 9.28. The predicted molar refractivity (Wildman–Crippen MR) is 79.4 cm³/mol. The van der Waals surface area contributed by atoms with Gasteiger partial charge in [-0.2, -0.15) is 0 Å². The molecule has 0 bridgehead atoms. The van der Waals surface area contributed by atoms with Crippen molar-refractivity contribution in [2.24, 2.45) is 10.7 Å². The Balaban J connectivity index is 1.57. The fourth-order valence-corrected chi connectivity index (χ4v) is 3.37. The molecule has 1 saturated carbocycles. The number of aliphatic imine (C=N–C) groups is 1. The Morgan fingerprint density at radius 2 is 2.00 bits per heavy atom. The summed E-state index contributed by atoms with van der Waals surface area (Å²) in [5.41, 5.74) is 8.95. The van der Waals surface area contributed by atoms with Crippen molar-refractivity contribution in [2.45, 2.75) is 50.5 Å². The van der Waals surface area contributed by atoms with Crippen LogP contribution in [0.15, 0.2) is 29.3 Å². The van der Waals surface area contributed by atoms with Crippen LogP contribution in [0.3, 0.4) is 0 Å². The highest BCUT2D eigenvalue weighted by molar-refractivity contribution is 5.78. The van der Waals surface area contributed by atoms with Crippen LogP contribution in [0.2, 0.25) is 0 Å². The van der Waals surface area contributed by atoms with E-state index in [1.807, 2.05) is 0 Å². The number of nitrogens with two attached hydrogens (primary N) is 1. The average Bonchev–Trinajstić information content (AvgIpc) is 3.05. The molecule has 0 amide bonds. The number of hydrogen-bond donors (Lipinski definition) is 2. The first-order chi connectivity index (χ1) is 9.33. The Bertz CT molecular complexity index is 461. The van der Waals surface area contributed by atoms with Crippen LogP contribution in [-0.2, 0) is 6.42 Å². The van der Waals surface area contributed by atoms with Crippen LogP contribution in [0.1, 0.15) is 49.1 Å². The number of fused-ring (bicyclic) bond motifs is 1. The summed E-state index contributed by atoms with van der Waals surface area (Å²) in [6.45, 7) is 0.822. The molecule has 102 valence electrons. The normalized spacial score (nSPS) is 23.6. The molecule has 0 heterocycles. The van der Waals surface area contributed by atoms with E-state index in [1.54, 1.807) is 0 Å². The minimum Gasteiger partial charge on any atom is -0.370 e. The molecule has 3 rings (SSSR count). The maximum atomic E-state index is 5.99. The summed E-state index contributed by atoms with van der Waals surface area (Å²) in [5.74, 6) is 1.19. The third-order valence-electron chi connectivity index (χ3n) is 4.45. The van der Waals surface area contributed by atoms with E-state index in [0.717, 1.165) is 6.54 Å². The van der Waals surface area contributed by atoms with Gasteiger partial charge in [-0.3, -0.25) is 4.99 Å². The monoisotopic (exact) mass is 257 g/mol. The molecule has 1 aromatic rings. The third kappa shape index (κ3) is 2.91. The van der Waals surface area contributed by atoms with Gasteiger partial charge in [-0.1, -0.05) is 37.1 Å². The molecule has 3 N–H and O–H groups in total. The summed E-state index contributed by atoms with van der Waals surface area (Å²) in [6.07, 6.45) is 7.51. The number of hydrogen-bond acceptors (Lipinski definition) is 1. The van der Waals surface area contributed by atoms with E-state index in [0.29, 0.717) is 17.9 Å². The highest BCUT2D eigenvalue weighted by Crippen LogP contribution is 2.32. The van der Waals surface area contributed by atoms with Crippen molar-refractivity contribution in [1.29, 1.82) is 0 Å². The second kappa shape index (κ2) is 5.64. The van der Waals surface area contributed by atoms with E-state index in [1.165, 1.54) is 49.7 Å². The van der Waals surface area contributed by atoms with Gasteiger partial charge in [0, 0.05) is 18.5 Å². The molecule has 19 heavy (non-hydrogen) atoms. The van der Waals surface area contributed by atoms with Crippen LogP contribution in [0.25, 0.3) is 0 Å². The molecule has 1 aromatic carbocycles. The van der Waals surface area contributed by atoms with Gasteiger partial charge in [0.05, 0.1) is 0 Å². The molecule has 0 spiro atoms. The van der Waals surface area contributed by atoms with Crippen molar-refractivity contribution < 1.29 is 0 Å². The lowest BCUT2D eigenvalue weighted by Crippen LogP contribution is -2.38. The van der Waals surface area contributed by atoms with E-state index in [2.05, 4.69) is 34.6 Å². The molecule has 2 aliphatic carbocycles. The third-order valence-corrected chi connectivity index (χ3v) is 4.45. The quantitative estimate of drug-likeness (QED) is 0.646. The summed E-state index contributed by atoms with van der Waals surface area (Å²) >= 11 is 0. The zero-order valence-corrected chi connectivity index (χ0v) is 11.4. The first-order valence-electron chi connectivity index (χ1n) is 7.47. The van der Waals surface area contributed by atoms with Crippen molar-refractivity contribution >= 4 is 5.96 Å².